The van der Waals surface area contributed by atoms with E-state index in [9.17, 15) is 18.0 Å². The van der Waals surface area contributed by atoms with Crippen molar-refractivity contribution in [3.63, 3.8) is 0 Å². The normalized spacial score (nSPS) is 17.6. The van der Waals surface area contributed by atoms with Crippen LogP contribution in [0.1, 0.15) is 40.6 Å². The number of nitrogens with zero attached hydrogens (tertiary/aromatic N) is 1. The van der Waals surface area contributed by atoms with Crippen molar-refractivity contribution in [3.05, 3.63) is 33.5 Å². The molecule has 1 N–H and O–H groups in total. The topological polar surface area (TPSA) is 92.8 Å². The van der Waals surface area contributed by atoms with Gasteiger partial charge in [0.25, 0.3) is 10.0 Å². The Kier molecular flexibility index (Phi) is 6.23. The van der Waals surface area contributed by atoms with Crippen molar-refractivity contribution >= 4 is 49.6 Å². The fourth-order valence-electron chi connectivity index (χ4n) is 3.17. The molecule has 1 amide bonds. The maximum atomic E-state index is 12.9. The summed E-state index contributed by atoms with van der Waals surface area (Å²) in [4.78, 5) is 26.1. The van der Waals surface area contributed by atoms with E-state index in [1.54, 1.807) is 25.3 Å². The SMILES string of the molecule is CCOC(=O)c1c(NC(=O)C2CCCN2S(=O)(=O)c2cccs2)sc(C)c1C. The quantitative estimate of drug-likeness (QED) is 0.692. The van der Waals surface area contributed by atoms with Gasteiger partial charge in [0.05, 0.1) is 12.2 Å². The highest BCUT2D eigenvalue weighted by Crippen LogP contribution is 2.34. The summed E-state index contributed by atoms with van der Waals surface area (Å²) < 4.78 is 32.3. The lowest BCUT2D eigenvalue weighted by Gasteiger charge is -2.22. The molecule has 0 bridgehead atoms. The molecule has 1 saturated heterocycles. The van der Waals surface area contributed by atoms with Crippen LogP contribution in [0.4, 0.5) is 5.00 Å². The van der Waals surface area contributed by atoms with Crippen LogP contribution in [-0.2, 0) is 19.6 Å². The molecule has 7 nitrogen and oxygen atoms in total. The monoisotopic (exact) mass is 442 g/mol. The molecule has 0 aromatic carbocycles. The molecule has 28 heavy (non-hydrogen) atoms. The molecule has 0 saturated carbocycles. The molecule has 0 radical (unpaired) electrons. The molecule has 3 heterocycles. The highest BCUT2D eigenvalue weighted by atomic mass is 32.2. The van der Waals surface area contributed by atoms with Crippen LogP contribution >= 0.6 is 22.7 Å². The summed E-state index contributed by atoms with van der Waals surface area (Å²) in [6.07, 6.45) is 1.05. The first-order valence-corrected chi connectivity index (χ1v) is 12.0. The van der Waals surface area contributed by atoms with Gasteiger partial charge in [0.15, 0.2) is 0 Å². The van der Waals surface area contributed by atoms with Gasteiger partial charge in [0, 0.05) is 11.4 Å². The Balaban J connectivity index is 1.85. The van der Waals surface area contributed by atoms with Crippen LogP contribution < -0.4 is 5.32 Å². The zero-order chi connectivity index (χ0) is 20.5. The van der Waals surface area contributed by atoms with Crippen LogP contribution in [0.15, 0.2) is 21.7 Å². The first kappa shape index (κ1) is 21.0. The smallest absolute Gasteiger partial charge is 0.341 e. The largest absolute Gasteiger partial charge is 0.462 e. The number of ether oxygens (including phenoxy) is 1. The molecule has 1 atom stereocenters. The van der Waals surface area contributed by atoms with E-state index in [4.69, 9.17) is 4.74 Å². The van der Waals surface area contributed by atoms with E-state index in [0.717, 1.165) is 21.8 Å². The van der Waals surface area contributed by atoms with Crippen molar-refractivity contribution in [2.75, 3.05) is 18.5 Å². The average Bonchev–Trinajstić information content (AvgIpc) is 3.37. The summed E-state index contributed by atoms with van der Waals surface area (Å²) in [5, 5.41) is 4.87. The second-order valence-electron chi connectivity index (χ2n) is 6.40. The minimum absolute atomic E-state index is 0.224. The lowest BCUT2D eigenvalue weighted by Crippen LogP contribution is -2.42. The van der Waals surface area contributed by atoms with Gasteiger partial charge in [-0.2, -0.15) is 4.31 Å². The van der Waals surface area contributed by atoms with Crippen LogP contribution in [0.25, 0.3) is 0 Å². The molecule has 3 rings (SSSR count). The molecule has 0 spiro atoms. The van der Waals surface area contributed by atoms with Gasteiger partial charge >= 0.3 is 5.97 Å². The number of esters is 1. The van der Waals surface area contributed by atoms with Crippen LogP contribution in [0, 0.1) is 13.8 Å². The molecule has 1 unspecified atom stereocenters. The van der Waals surface area contributed by atoms with E-state index < -0.39 is 27.9 Å². The number of aryl methyl sites for hydroxylation is 1. The van der Waals surface area contributed by atoms with Crippen LogP contribution in [0.5, 0.6) is 0 Å². The maximum Gasteiger partial charge on any atom is 0.341 e. The van der Waals surface area contributed by atoms with E-state index in [-0.39, 0.29) is 10.8 Å². The lowest BCUT2D eigenvalue weighted by atomic mass is 10.1. The number of rotatable bonds is 6. The Bertz CT molecular complexity index is 979. The molecule has 1 aliphatic rings. The lowest BCUT2D eigenvalue weighted by molar-refractivity contribution is -0.119. The van der Waals surface area contributed by atoms with Crippen molar-refractivity contribution in [2.24, 2.45) is 0 Å². The Morgan fingerprint density at radius 2 is 2.11 bits per heavy atom. The third kappa shape index (κ3) is 3.86. The standard InChI is InChI=1S/C18H22N2O5S3/c1-4-25-18(22)15-11(2)12(3)27-17(15)19-16(21)13-7-5-9-20(13)28(23,24)14-8-6-10-26-14/h6,8,10,13H,4-5,7,9H2,1-3H3,(H,19,21). The van der Waals surface area contributed by atoms with E-state index in [0.29, 0.717) is 30.0 Å². The first-order chi connectivity index (χ1) is 13.3. The van der Waals surface area contributed by atoms with Gasteiger partial charge in [-0.15, -0.1) is 22.7 Å². The summed E-state index contributed by atoms with van der Waals surface area (Å²) in [5.74, 6) is -0.918. The fraction of sp³-hybridized carbons (Fsp3) is 0.444. The third-order valence-electron chi connectivity index (χ3n) is 4.67. The zero-order valence-electron chi connectivity index (χ0n) is 15.9. The molecule has 0 aliphatic carbocycles. The Hall–Kier alpha value is -1.75. The predicted molar refractivity (Wildman–Crippen MR) is 110 cm³/mol. The molecule has 1 fully saturated rings. The summed E-state index contributed by atoms with van der Waals surface area (Å²) in [6, 6.07) is 2.41. The van der Waals surface area contributed by atoms with Crippen molar-refractivity contribution in [2.45, 2.75) is 43.9 Å². The first-order valence-electron chi connectivity index (χ1n) is 8.90. The zero-order valence-corrected chi connectivity index (χ0v) is 18.3. The molecule has 152 valence electrons. The van der Waals surface area contributed by atoms with Crippen LogP contribution in [0.2, 0.25) is 0 Å². The van der Waals surface area contributed by atoms with Gasteiger partial charge in [-0.05, 0) is 50.6 Å². The van der Waals surface area contributed by atoms with Crippen LogP contribution in [0.3, 0.4) is 0 Å². The average molecular weight is 443 g/mol. The van der Waals surface area contributed by atoms with E-state index in [1.807, 2.05) is 6.92 Å². The maximum absolute atomic E-state index is 12.9. The Morgan fingerprint density at radius 3 is 2.75 bits per heavy atom. The van der Waals surface area contributed by atoms with Gasteiger partial charge in [0.1, 0.15) is 15.3 Å². The number of hydrogen-bond donors (Lipinski definition) is 1. The summed E-state index contributed by atoms with van der Waals surface area (Å²) in [5.41, 5.74) is 1.09. The number of sulfonamides is 1. The number of nitrogens with one attached hydrogen (secondary N) is 1. The van der Waals surface area contributed by atoms with Gasteiger partial charge in [-0.3, -0.25) is 4.79 Å². The van der Waals surface area contributed by atoms with E-state index >= 15 is 0 Å². The molecule has 2 aromatic heterocycles. The number of hydrogen-bond acceptors (Lipinski definition) is 7. The molecular formula is C18H22N2O5S3. The summed E-state index contributed by atoms with van der Waals surface area (Å²) in [7, 11) is -3.72. The Morgan fingerprint density at radius 1 is 1.36 bits per heavy atom. The van der Waals surface area contributed by atoms with Crippen molar-refractivity contribution in [1.29, 1.82) is 0 Å². The van der Waals surface area contributed by atoms with Crippen molar-refractivity contribution < 1.29 is 22.7 Å². The minimum atomic E-state index is -3.72. The van der Waals surface area contributed by atoms with Crippen LogP contribution in [-0.4, -0.2) is 43.8 Å². The third-order valence-corrected chi connectivity index (χ3v) is 9.07. The molecule has 10 heteroatoms. The highest BCUT2D eigenvalue weighted by Gasteiger charge is 2.40. The second kappa shape index (κ2) is 8.32. The number of carbonyl (C=O) groups excluding carboxylic acids is 2. The number of thiophene rings is 2. The van der Waals surface area contributed by atoms with Gasteiger partial charge < -0.3 is 10.1 Å². The van der Waals surface area contributed by atoms with Gasteiger partial charge in [-0.1, -0.05) is 6.07 Å². The number of anilines is 1. The van der Waals surface area contributed by atoms with Crippen molar-refractivity contribution in [3.8, 4) is 0 Å². The van der Waals surface area contributed by atoms with Gasteiger partial charge in [-0.25, -0.2) is 13.2 Å². The molecular weight excluding hydrogens is 420 g/mol. The van der Waals surface area contributed by atoms with E-state index in [2.05, 4.69) is 5.32 Å². The number of amides is 1. The summed E-state index contributed by atoms with van der Waals surface area (Å²) >= 11 is 2.42. The van der Waals surface area contributed by atoms with E-state index in [1.165, 1.54) is 21.7 Å². The second-order valence-corrected chi connectivity index (χ2v) is 10.7. The molecule has 2 aromatic rings. The Labute approximate surface area is 172 Å². The minimum Gasteiger partial charge on any atom is -0.462 e. The fourth-order valence-corrected chi connectivity index (χ4v) is 7.00. The highest BCUT2D eigenvalue weighted by molar-refractivity contribution is 7.91. The number of carbonyl (C=O) groups is 2. The van der Waals surface area contributed by atoms with Crippen molar-refractivity contribution in [1.82, 2.24) is 4.31 Å². The predicted octanol–water partition coefficient (Wildman–Crippen LogP) is 3.39. The molecule has 1 aliphatic heterocycles. The van der Waals surface area contributed by atoms with Gasteiger partial charge in [0.2, 0.25) is 5.91 Å². The summed E-state index contributed by atoms with van der Waals surface area (Å²) in [6.45, 7) is 5.91.